The van der Waals surface area contributed by atoms with Crippen LogP contribution in [0, 0.1) is 13.8 Å². The van der Waals surface area contributed by atoms with E-state index in [1.807, 2.05) is 35.2 Å². The minimum Gasteiger partial charge on any atom is -0.353 e. The molecule has 4 rings (SSSR count). The molecule has 1 saturated heterocycles. The number of aryl methyl sites for hydroxylation is 2. The number of benzene rings is 2. The van der Waals surface area contributed by atoms with Crippen LogP contribution in [0.25, 0.3) is 11.4 Å². The van der Waals surface area contributed by atoms with E-state index in [2.05, 4.69) is 56.9 Å². The Hall–Kier alpha value is -3.21. The molecule has 5 heteroatoms. The fraction of sp³-hybridized carbons (Fsp3) is 0.346. The summed E-state index contributed by atoms with van der Waals surface area (Å²) in [5.74, 6) is 2.19. The largest absolute Gasteiger partial charge is 0.353 e. The summed E-state index contributed by atoms with van der Waals surface area (Å²) in [6.45, 7) is 11.4. The molecule has 0 N–H and O–H groups in total. The Morgan fingerprint density at radius 1 is 0.871 bits per heavy atom. The van der Waals surface area contributed by atoms with Crippen molar-refractivity contribution in [1.82, 2.24) is 14.9 Å². The van der Waals surface area contributed by atoms with Gasteiger partial charge in [0.2, 0.25) is 0 Å². The highest BCUT2D eigenvalue weighted by Gasteiger charge is 2.26. The van der Waals surface area contributed by atoms with Crippen LogP contribution in [0.15, 0.2) is 54.6 Å². The van der Waals surface area contributed by atoms with Gasteiger partial charge in [0.15, 0.2) is 5.82 Å². The molecule has 0 radical (unpaired) electrons. The summed E-state index contributed by atoms with van der Waals surface area (Å²) in [6.07, 6.45) is 0. The second-order valence-corrected chi connectivity index (χ2v) is 8.54. The fourth-order valence-corrected chi connectivity index (χ4v) is 4.20. The molecule has 1 fully saturated rings. The molecule has 0 saturated carbocycles. The van der Waals surface area contributed by atoms with Crippen LogP contribution in [0.2, 0.25) is 0 Å². The number of rotatable bonds is 4. The van der Waals surface area contributed by atoms with E-state index in [-0.39, 0.29) is 5.91 Å². The molecule has 0 aliphatic carbocycles. The Morgan fingerprint density at radius 2 is 1.52 bits per heavy atom. The maximum absolute atomic E-state index is 12.8. The predicted octanol–water partition coefficient (Wildman–Crippen LogP) is 4.85. The van der Waals surface area contributed by atoms with Gasteiger partial charge in [0.25, 0.3) is 5.91 Å². The van der Waals surface area contributed by atoms with Crippen LogP contribution in [0.4, 0.5) is 5.82 Å². The number of amides is 1. The number of aromatic nitrogens is 2. The van der Waals surface area contributed by atoms with Gasteiger partial charge < -0.3 is 9.80 Å². The smallest absolute Gasteiger partial charge is 0.253 e. The molecule has 3 aromatic rings. The highest BCUT2D eigenvalue weighted by atomic mass is 16.2. The second kappa shape index (κ2) is 8.88. The second-order valence-electron chi connectivity index (χ2n) is 8.54. The Bertz CT molecular complexity index is 1050. The maximum Gasteiger partial charge on any atom is 0.253 e. The van der Waals surface area contributed by atoms with Gasteiger partial charge >= 0.3 is 0 Å². The third kappa shape index (κ3) is 4.46. The molecular weight excluding hydrogens is 384 g/mol. The van der Waals surface area contributed by atoms with Crippen LogP contribution in [0.3, 0.4) is 0 Å². The molecule has 31 heavy (non-hydrogen) atoms. The van der Waals surface area contributed by atoms with Gasteiger partial charge in [0.1, 0.15) is 5.82 Å². The van der Waals surface area contributed by atoms with Crippen molar-refractivity contribution in [3.8, 4) is 11.4 Å². The standard InChI is InChI=1S/C26H30N4O/c1-18(2)23-20(4)27-24(21-12-10-19(3)11-13-21)28-25(23)29-14-16-30(17-15-29)26(31)22-8-6-5-7-9-22/h5-13,18H,14-17H2,1-4H3. The van der Waals surface area contributed by atoms with E-state index in [0.29, 0.717) is 19.0 Å². The predicted molar refractivity (Wildman–Crippen MR) is 126 cm³/mol. The Kier molecular flexibility index (Phi) is 6.03. The van der Waals surface area contributed by atoms with Crippen LogP contribution in [0.5, 0.6) is 0 Å². The Balaban J connectivity index is 1.60. The first kappa shape index (κ1) is 21.0. The molecule has 2 aromatic carbocycles. The van der Waals surface area contributed by atoms with Crippen LogP contribution >= 0.6 is 0 Å². The number of hydrogen-bond donors (Lipinski definition) is 0. The molecule has 0 atom stereocenters. The van der Waals surface area contributed by atoms with Crippen molar-refractivity contribution in [2.24, 2.45) is 0 Å². The zero-order valence-corrected chi connectivity index (χ0v) is 18.8. The van der Waals surface area contributed by atoms with Gasteiger partial charge in [-0.2, -0.15) is 0 Å². The Morgan fingerprint density at radius 3 is 2.13 bits per heavy atom. The van der Waals surface area contributed by atoms with Gasteiger partial charge in [-0.05, 0) is 31.9 Å². The molecule has 1 aromatic heterocycles. The highest BCUT2D eigenvalue weighted by Crippen LogP contribution is 2.31. The molecule has 2 heterocycles. The summed E-state index contributed by atoms with van der Waals surface area (Å²) in [6, 6.07) is 17.9. The van der Waals surface area contributed by atoms with E-state index in [9.17, 15) is 4.79 Å². The van der Waals surface area contributed by atoms with Gasteiger partial charge in [-0.1, -0.05) is 61.9 Å². The van der Waals surface area contributed by atoms with Gasteiger partial charge in [-0.25, -0.2) is 9.97 Å². The van der Waals surface area contributed by atoms with E-state index >= 15 is 0 Å². The van der Waals surface area contributed by atoms with Gasteiger partial charge in [-0.3, -0.25) is 4.79 Å². The fourth-order valence-electron chi connectivity index (χ4n) is 4.20. The van der Waals surface area contributed by atoms with Crippen molar-refractivity contribution in [3.63, 3.8) is 0 Å². The third-order valence-electron chi connectivity index (χ3n) is 5.89. The zero-order valence-electron chi connectivity index (χ0n) is 18.8. The normalized spacial score (nSPS) is 14.2. The number of carbonyl (C=O) groups is 1. The van der Waals surface area contributed by atoms with Gasteiger partial charge in [0.05, 0.1) is 0 Å². The molecule has 1 aliphatic rings. The average Bonchev–Trinajstić information content (AvgIpc) is 2.79. The van der Waals surface area contributed by atoms with Gasteiger partial charge in [-0.15, -0.1) is 0 Å². The summed E-state index contributed by atoms with van der Waals surface area (Å²) >= 11 is 0. The summed E-state index contributed by atoms with van der Waals surface area (Å²) in [7, 11) is 0. The number of carbonyl (C=O) groups excluding carboxylic acids is 1. The van der Waals surface area contributed by atoms with E-state index in [1.165, 1.54) is 11.1 Å². The summed E-state index contributed by atoms with van der Waals surface area (Å²) in [4.78, 5) is 26.9. The molecule has 1 amide bonds. The quantitative estimate of drug-likeness (QED) is 0.613. The lowest BCUT2D eigenvalue weighted by Crippen LogP contribution is -2.49. The molecular formula is C26H30N4O. The van der Waals surface area contributed by atoms with Crippen molar-refractivity contribution < 1.29 is 4.79 Å². The molecule has 0 unspecified atom stereocenters. The van der Waals surface area contributed by atoms with Crippen LogP contribution in [-0.4, -0.2) is 47.0 Å². The minimum atomic E-state index is 0.101. The summed E-state index contributed by atoms with van der Waals surface area (Å²) in [5, 5.41) is 0. The molecule has 5 nitrogen and oxygen atoms in total. The van der Waals surface area contributed by atoms with E-state index in [0.717, 1.165) is 41.6 Å². The first-order valence-corrected chi connectivity index (χ1v) is 11.0. The van der Waals surface area contributed by atoms with E-state index in [4.69, 9.17) is 9.97 Å². The van der Waals surface area contributed by atoms with Crippen molar-refractivity contribution in [3.05, 3.63) is 77.0 Å². The van der Waals surface area contributed by atoms with Crippen molar-refractivity contribution in [2.75, 3.05) is 31.1 Å². The maximum atomic E-state index is 12.8. The number of piperazine rings is 1. The van der Waals surface area contributed by atoms with E-state index in [1.54, 1.807) is 0 Å². The zero-order chi connectivity index (χ0) is 22.0. The molecule has 160 valence electrons. The number of nitrogens with zero attached hydrogens (tertiary/aromatic N) is 4. The molecule has 1 aliphatic heterocycles. The Labute approximate surface area is 184 Å². The third-order valence-corrected chi connectivity index (χ3v) is 5.89. The average molecular weight is 415 g/mol. The van der Waals surface area contributed by atoms with Gasteiger partial charge in [0, 0.05) is 48.6 Å². The van der Waals surface area contributed by atoms with E-state index < -0.39 is 0 Å². The van der Waals surface area contributed by atoms with Crippen molar-refractivity contribution in [1.29, 1.82) is 0 Å². The highest BCUT2D eigenvalue weighted by molar-refractivity contribution is 5.94. The number of hydrogen-bond acceptors (Lipinski definition) is 4. The first-order chi connectivity index (χ1) is 14.9. The van der Waals surface area contributed by atoms with Crippen molar-refractivity contribution in [2.45, 2.75) is 33.6 Å². The molecule has 0 bridgehead atoms. The van der Waals surface area contributed by atoms with Crippen LogP contribution in [0.1, 0.15) is 46.9 Å². The molecule has 0 spiro atoms. The number of anilines is 1. The lowest BCUT2D eigenvalue weighted by molar-refractivity contribution is 0.0746. The lowest BCUT2D eigenvalue weighted by atomic mass is 10.0. The van der Waals surface area contributed by atoms with Crippen LogP contribution in [-0.2, 0) is 0 Å². The van der Waals surface area contributed by atoms with Crippen LogP contribution < -0.4 is 4.90 Å². The summed E-state index contributed by atoms with van der Waals surface area (Å²) < 4.78 is 0. The monoisotopic (exact) mass is 414 g/mol. The SMILES string of the molecule is Cc1ccc(-c2nc(C)c(C(C)C)c(N3CCN(C(=O)c4ccccc4)CC3)n2)cc1. The summed E-state index contributed by atoms with van der Waals surface area (Å²) in [5.41, 5.74) is 5.22. The van der Waals surface area contributed by atoms with Crippen molar-refractivity contribution >= 4 is 11.7 Å². The topological polar surface area (TPSA) is 49.3 Å². The first-order valence-electron chi connectivity index (χ1n) is 11.0. The lowest BCUT2D eigenvalue weighted by Gasteiger charge is -2.37. The minimum absolute atomic E-state index is 0.101.